The first kappa shape index (κ1) is 35.5. The van der Waals surface area contributed by atoms with Gasteiger partial charge in [-0.2, -0.15) is 0 Å². The molecule has 2 atom stereocenters. The molecule has 10 aromatic carbocycles. The highest BCUT2D eigenvalue weighted by molar-refractivity contribution is 7.86. The van der Waals surface area contributed by atoms with Crippen LogP contribution in [0.25, 0.3) is 88.4 Å². The molecule has 1 aliphatic carbocycles. The molecule has 4 heterocycles. The Kier molecular flexibility index (Phi) is 6.88. The molecule has 0 N–H and O–H groups in total. The molecule has 2 aromatic heterocycles. The molecule has 3 nitrogen and oxygen atoms in total. The summed E-state index contributed by atoms with van der Waals surface area (Å²) in [4.78, 5) is 0. The SMILES string of the molecule is O=[P@@]1(c2ccccc2)c2ccccc2-c2cc3c(cc21)-c1c(-c2ccc4c(c2)c2ccccc2n4-c2ccccc2)cccc1C31c2ccccc2-n2c3ccccc3c3cccc1c32. The van der Waals surface area contributed by atoms with Crippen molar-refractivity contribution in [1.82, 2.24) is 9.13 Å². The zero-order valence-corrected chi connectivity index (χ0v) is 36.0. The van der Waals surface area contributed by atoms with Crippen molar-refractivity contribution in [2.45, 2.75) is 5.41 Å². The van der Waals surface area contributed by atoms with Crippen molar-refractivity contribution in [1.29, 1.82) is 0 Å². The quantitative estimate of drug-likeness (QED) is 0.163. The van der Waals surface area contributed by atoms with Crippen LogP contribution in [0.15, 0.2) is 224 Å². The lowest BCUT2D eigenvalue weighted by Gasteiger charge is -2.39. The largest absolute Gasteiger partial charge is 0.309 e. The standard InChI is InChI=1S/C61H37N2OP/c64-65(40-19-5-2-6-20-40)57-32-14-9-23-44(57)47-36-52-48(37-58(47)65)59-41(38-33-34-55-46(35-38)43-22-8-11-29-53(43)62(55)39-17-3-1-4-18-39)24-15-27-50(59)61(52)49-26-10-13-31-56(49)63-54-30-12-7-21-42(54)45-25-16-28-51(61)60(45)63/h1-37H/t61?,65-/m0/s1. The van der Waals surface area contributed by atoms with E-state index in [0.717, 1.165) is 43.9 Å². The van der Waals surface area contributed by atoms with Crippen molar-refractivity contribution in [3.63, 3.8) is 0 Å². The van der Waals surface area contributed by atoms with Crippen molar-refractivity contribution in [3.05, 3.63) is 247 Å². The summed E-state index contributed by atoms with van der Waals surface area (Å²) in [6.45, 7) is 0. The van der Waals surface area contributed by atoms with Crippen molar-refractivity contribution in [2.75, 3.05) is 0 Å². The normalized spacial score (nSPS) is 17.4. The van der Waals surface area contributed by atoms with Crippen LogP contribution in [-0.4, -0.2) is 9.13 Å². The molecule has 15 rings (SSSR count). The third-order valence-corrected chi connectivity index (χ3v) is 18.1. The van der Waals surface area contributed by atoms with Crippen LogP contribution in [0.2, 0.25) is 0 Å². The fraction of sp³-hybridized carbons (Fsp3) is 0.0164. The Balaban J connectivity index is 1.10. The number of benzene rings is 10. The van der Waals surface area contributed by atoms with Crippen LogP contribution < -0.4 is 15.9 Å². The molecular weight excluding hydrogens is 808 g/mol. The third kappa shape index (κ3) is 4.30. The molecule has 1 unspecified atom stereocenters. The lowest BCUT2D eigenvalue weighted by atomic mass is 9.65. The summed E-state index contributed by atoms with van der Waals surface area (Å²) in [5.74, 6) is 0. The molecule has 0 amide bonds. The van der Waals surface area contributed by atoms with Gasteiger partial charge in [-0.05, 0) is 110 Å². The van der Waals surface area contributed by atoms with Gasteiger partial charge in [0.15, 0.2) is 7.14 Å². The smallest absolute Gasteiger partial charge is 0.172 e. The maximum atomic E-state index is 16.3. The van der Waals surface area contributed by atoms with Gasteiger partial charge in [0, 0.05) is 43.1 Å². The summed E-state index contributed by atoms with van der Waals surface area (Å²) >= 11 is 0. The molecule has 0 bridgehead atoms. The van der Waals surface area contributed by atoms with Crippen LogP contribution in [0.4, 0.5) is 0 Å². The van der Waals surface area contributed by atoms with Gasteiger partial charge in [0.25, 0.3) is 0 Å². The zero-order valence-electron chi connectivity index (χ0n) is 35.1. The minimum Gasteiger partial charge on any atom is -0.309 e. The Labute approximate surface area is 375 Å². The van der Waals surface area contributed by atoms with Crippen LogP contribution in [0.3, 0.4) is 0 Å². The van der Waals surface area contributed by atoms with E-state index in [1.54, 1.807) is 0 Å². The monoisotopic (exact) mass is 844 g/mol. The van der Waals surface area contributed by atoms with E-state index in [1.165, 1.54) is 82.7 Å². The fourth-order valence-corrected chi connectivity index (χ4v) is 15.5. The lowest BCUT2D eigenvalue weighted by molar-refractivity contribution is 0.593. The van der Waals surface area contributed by atoms with Crippen LogP contribution in [0.5, 0.6) is 0 Å². The predicted molar refractivity (Wildman–Crippen MR) is 270 cm³/mol. The molecule has 2 aliphatic heterocycles. The van der Waals surface area contributed by atoms with E-state index in [4.69, 9.17) is 0 Å². The Morgan fingerprint density at radius 1 is 0.369 bits per heavy atom. The first-order chi connectivity index (χ1) is 32.2. The third-order valence-electron chi connectivity index (χ3n) is 14.9. The van der Waals surface area contributed by atoms with Gasteiger partial charge in [0.1, 0.15) is 0 Å². The maximum absolute atomic E-state index is 16.3. The van der Waals surface area contributed by atoms with E-state index >= 15 is 4.57 Å². The summed E-state index contributed by atoms with van der Waals surface area (Å²) in [6, 6.07) is 81.6. The highest BCUT2D eigenvalue weighted by atomic mass is 31.2. The summed E-state index contributed by atoms with van der Waals surface area (Å²) in [5.41, 5.74) is 18.2. The number of nitrogens with zero attached hydrogens (tertiary/aromatic N) is 2. The van der Waals surface area contributed by atoms with E-state index < -0.39 is 12.6 Å². The molecule has 4 heteroatoms. The first-order valence-electron chi connectivity index (χ1n) is 22.5. The second-order valence-electron chi connectivity index (χ2n) is 17.8. The van der Waals surface area contributed by atoms with Crippen molar-refractivity contribution >= 4 is 66.7 Å². The Morgan fingerprint density at radius 3 is 1.83 bits per heavy atom. The zero-order chi connectivity index (χ0) is 42.6. The number of rotatable bonds is 3. The highest BCUT2D eigenvalue weighted by Gasteiger charge is 2.53. The average molecular weight is 845 g/mol. The molecule has 302 valence electrons. The molecule has 0 saturated carbocycles. The molecule has 3 aliphatic rings. The van der Waals surface area contributed by atoms with Crippen LogP contribution in [-0.2, 0) is 9.98 Å². The van der Waals surface area contributed by atoms with Crippen LogP contribution in [0, 0.1) is 0 Å². The van der Waals surface area contributed by atoms with E-state index in [2.05, 4.69) is 209 Å². The molecule has 0 radical (unpaired) electrons. The van der Waals surface area contributed by atoms with Gasteiger partial charge in [-0.1, -0.05) is 170 Å². The average Bonchev–Trinajstić information content (AvgIpc) is 4.06. The summed E-state index contributed by atoms with van der Waals surface area (Å²) in [5, 5.41) is 7.63. The van der Waals surface area contributed by atoms with Gasteiger partial charge in [0.05, 0.1) is 33.2 Å². The maximum Gasteiger partial charge on any atom is 0.172 e. The van der Waals surface area contributed by atoms with E-state index in [0.29, 0.717) is 0 Å². The second kappa shape index (κ2) is 12.6. The molecule has 1 spiro atoms. The molecule has 0 fully saturated rings. The van der Waals surface area contributed by atoms with Gasteiger partial charge in [-0.15, -0.1) is 0 Å². The Hall–Kier alpha value is -7.97. The minimum atomic E-state index is -3.26. The number of hydrogen-bond acceptors (Lipinski definition) is 1. The van der Waals surface area contributed by atoms with Crippen LogP contribution in [0.1, 0.15) is 22.3 Å². The number of para-hydroxylation sites is 5. The fourth-order valence-electron chi connectivity index (χ4n) is 12.4. The minimum absolute atomic E-state index is 0.683. The van der Waals surface area contributed by atoms with Gasteiger partial charge < -0.3 is 13.7 Å². The molecule has 12 aromatic rings. The molecule has 0 saturated heterocycles. The van der Waals surface area contributed by atoms with Crippen molar-refractivity contribution < 1.29 is 4.57 Å². The van der Waals surface area contributed by atoms with E-state index in [-0.39, 0.29) is 0 Å². The van der Waals surface area contributed by atoms with Gasteiger partial charge in [0.2, 0.25) is 0 Å². The number of hydrogen-bond donors (Lipinski definition) is 0. The van der Waals surface area contributed by atoms with E-state index in [1.807, 2.05) is 24.3 Å². The van der Waals surface area contributed by atoms with Gasteiger partial charge in [-0.3, -0.25) is 0 Å². The lowest BCUT2D eigenvalue weighted by Crippen LogP contribution is -2.33. The summed E-state index contributed by atoms with van der Waals surface area (Å²) < 4.78 is 21.2. The topological polar surface area (TPSA) is 26.9 Å². The summed E-state index contributed by atoms with van der Waals surface area (Å²) in [7, 11) is -3.26. The van der Waals surface area contributed by atoms with Crippen molar-refractivity contribution in [2.24, 2.45) is 0 Å². The summed E-state index contributed by atoms with van der Waals surface area (Å²) in [6.07, 6.45) is 0. The molecule has 65 heavy (non-hydrogen) atoms. The van der Waals surface area contributed by atoms with Gasteiger partial charge >= 0.3 is 0 Å². The number of fused-ring (bicyclic) bond motifs is 18. The van der Waals surface area contributed by atoms with Gasteiger partial charge in [-0.25, -0.2) is 0 Å². The van der Waals surface area contributed by atoms with E-state index in [9.17, 15) is 0 Å². The Morgan fingerprint density at radius 2 is 0.985 bits per heavy atom. The Bertz CT molecular complexity index is 4100. The second-order valence-corrected chi connectivity index (χ2v) is 20.5. The highest BCUT2D eigenvalue weighted by Crippen LogP contribution is 2.64. The first-order valence-corrected chi connectivity index (χ1v) is 24.2. The molecular formula is C61H37N2OP. The predicted octanol–water partition coefficient (Wildman–Crippen LogP) is 13.8. The van der Waals surface area contributed by atoms with Crippen molar-refractivity contribution in [3.8, 4) is 44.8 Å². The van der Waals surface area contributed by atoms with Crippen LogP contribution >= 0.6 is 7.14 Å². The number of aromatic nitrogens is 2.